The molecule has 0 spiro atoms. The van der Waals surface area contributed by atoms with Gasteiger partial charge in [-0.05, 0) is 35.7 Å². The summed E-state index contributed by atoms with van der Waals surface area (Å²) < 4.78 is 5.91. The number of benzene rings is 2. The number of carboxylic acids is 1. The van der Waals surface area contributed by atoms with Crippen molar-refractivity contribution in [3.63, 3.8) is 0 Å². The molecule has 0 aliphatic carbocycles. The lowest BCUT2D eigenvalue weighted by Gasteiger charge is -2.20. The third kappa shape index (κ3) is 3.54. The summed E-state index contributed by atoms with van der Waals surface area (Å²) in [5.74, 6) is -0.0394. The Morgan fingerprint density at radius 2 is 2.00 bits per heavy atom. The predicted octanol–water partition coefficient (Wildman–Crippen LogP) is 3.48. The zero-order chi connectivity index (χ0) is 17.2. The molecule has 2 heterocycles. The van der Waals surface area contributed by atoms with E-state index in [2.05, 4.69) is 22.4 Å². The van der Waals surface area contributed by atoms with Gasteiger partial charge in [0, 0.05) is 29.6 Å². The van der Waals surface area contributed by atoms with Crippen molar-refractivity contribution in [3.8, 4) is 5.75 Å². The second-order valence-electron chi connectivity index (χ2n) is 6.28. The summed E-state index contributed by atoms with van der Waals surface area (Å²) in [6, 6.07) is 15.5. The van der Waals surface area contributed by atoms with Gasteiger partial charge >= 0.3 is 5.97 Å². The number of aliphatic carboxylic acids is 1. The number of nitrogens with one attached hydrogen (secondary N) is 2. The van der Waals surface area contributed by atoms with Gasteiger partial charge in [-0.3, -0.25) is 10.1 Å². The number of fused-ring (bicyclic) bond motifs is 3. The van der Waals surface area contributed by atoms with Crippen LogP contribution < -0.4 is 10.1 Å². The molecular formula is C20H21ClN2O3. The second kappa shape index (κ2) is 7.81. The van der Waals surface area contributed by atoms with Crippen LogP contribution in [-0.4, -0.2) is 29.2 Å². The molecule has 1 unspecified atom stereocenters. The summed E-state index contributed by atoms with van der Waals surface area (Å²) in [6.45, 7) is 1.28. The van der Waals surface area contributed by atoms with E-state index in [-0.39, 0.29) is 12.4 Å². The lowest BCUT2D eigenvalue weighted by atomic mass is 9.99. The lowest BCUT2D eigenvalue weighted by molar-refractivity contribution is -0.139. The number of aromatic amines is 1. The van der Waals surface area contributed by atoms with E-state index in [9.17, 15) is 9.90 Å². The van der Waals surface area contributed by atoms with Crippen LogP contribution in [0.3, 0.4) is 0 Å². The maximum atomic E-state index is 11.4. The molecule has 0 amide bonds. The molecule has 1 aromatic heterocycles. The van der Waals surface area contributed by atoms with E-state index < -0.39 is 12.0 Å². The van der Waals surface area contributed by atoms with Crippen molar-refractivity contribution in [1.29, 1.82) is 0 Å². The van der Waals surface area contributed by atoms with E-state index >= 15 is 0 Å². The van der Waals surface area contributed by atoms with Gasteiger partial charge < -0.3 is 14.8 Å². The van der Waals surface area contributed by atoms with Gasteiger partial charge in [0.15, 0.2) is 0 Å². The van der Waals surface area contributed by atoms with Gasteiger partial charge in [0.1, 0.15) is 11.8 Å². The lowest BCUT2D eigenvalue weighted by Crippen LogP contribution is -2.34. The van der Waals surface area contributed by atoms with Gasteiger partial charge in [0.25, 0.3) is 0 Å². The Bertz CT molecular complexity index is 908. The molecule has 3 aromatic rings. The number of hydrogen-bond donors (Lipinski definition) is 3. The molecule has 3 N–H and O–H groups in total. The first-order valence-electron chi connectivity index (χ1n) is 8.50. The summed E-state index contributed by atoms with van der Waals surface area (Å²) in [5, 5.41) is 13.5. The first-order chi connectivity index (χ1) is 12.2. The van der Waals surface area contributed by atoms with Crippen LogP contribution in [0.2, 0.25) is 0 Å². The average molecular weight is 373 g/mol. The van der Waals surface area contributed by atoms with Crippen LogP contribution in [0.5, 0.6) is 5.75 Å². The highest BCUT2D eigenvalue weighted by Crippen LogP contribution is 2.32. The summed E-state index contributed by atoms with van der Waals surface area (Å²) in [6.07, 6.45) is 1.67. The van der Waals surface area contributed by atoms with Gasteiger partial charge in [-0.1, -0.05) is 30.3 Å². The molecule has 0 saturated carbocycles. The highest BCUT2D eigenvalue weighted by atomic mass is 35.5. The van der Waals surface area contributed by atoms with Crippen molar-refractivity contribution in [2.24, 2.45) is 0 Å². The molecule has 1 atom stereocenters. The zero-order valence-corrected chi connectivity index (χ0v) is 15.0. The number of carbonyl (C=O) groups is 1. The number of H-pyrrole nitrogens is 1. The Balaban J connectivity index is 0.00000196. The normalized spacial score (nSPS) is 15.9. The van der Waals surface area contributed by atoms with Crippen molar-refractivity contribution in [2.75, 3.05) is 13.2 Å². The number of hydrogen-bond acceptors (Lipinski definition) is 3. The number of halogens is 1. The Morgan fingerprint density at radius 3 is 2.77 bits per heavy atom. The molecule has 1 aliphatic heterocycles. The molecule has 5 nitrogen and oxygen atoms in total. The van der Waals surface area contributed by atoms with Crippen LogP contribution in [0.4, 0.5) is 0 Å². The fourth-order valence-corrected chi connectivity index (χ4v) is 3.44. The third-order valence-electron chi connectivity index (χ3n) is 4.67. The van der Waals surface area contributed by atoms with Crippen molar-refractivity contribution in [1.82, 2.24) is 10.3 Å². The first kappa shape index (κ1) is 18.3. The van der Waals surface area contributed by atoms with Gasteiger partial charge in [0.05, 0.1) is 6.61 Å². The van der Waals surface area contributed by atoms with Gasteiger partial charge in [-0.15, -0.1) is 12.4 Å². The van der Waals surface area contributed by atoms with Crippen LogP contribution in [0.1, 0.15) is 22.9 Å². The van der Waals surface area contributed by atoms with Crippen LogP contribution in [0.25, 0.3) is 10.9 Å². The van der Waals surface area contributed by atoms with Gasteiger partial charge in [-0.25, -0.2) is 0 Å². The fraction of sp³-hybridized carbons (Fsp3) is 0.250. The maximum Gasteiger partial charge on any atom is 0.326 e. The van der Waals surface area contributed by atoms with Crippen LogP contribution in [-0.2, 0) is 17.6 Å². The minimum atomic E-state index is -0.855. The third-order valence-corrected chi connectivity index (χ3v) is 4.67. The zero-order valence-electron chi connectivity index (χ0n) is 14.2. The number of rotatable bonds is 5. The smallest absolute Gasteiger partial charge is 0.326 e. The Morgan fingerprint density at radius 1 is 1.19 bits per heavy atom. The number of carboxylic acid groups (broad SMARTS) is 1. The van der Waals surface area contributed by atoms with E-state index in [1.54, 1.807) is 0 Å². The van der Waals surface area contributed by atoms with Gasteiger partial charge in [0.2, 0.25) is 0 Å². The molecule has 4 rings (SSSR count). The van der Waals surface area contributed by atoms with E-state index in [1.165, 1.54) is 5.56 Å². The molecule has 0 radical (unpaired) electrons. The van der Waals surface area contributed by atoms with Crippen molar-refractivity contribution < 1.29 is 14.6 Å². The van der Waals surface area contributed by atoms with Crippen molar-refractivity contribution in [2.45, 2.75) is 18.9 Å². The predicted molar refractivity (Wildman–Crippen MR) is 103 cm³/mol. The van der Waals surface area contributed by atoms with Crippen LogP contribution in [0.15, 0.2) is 48.5 Å². The number of ether oxygens (including phenoxy) is 1. The Kier molecular flexibility index (Phi) is 5.49. The number of aromatic nitrogens is 1. The second-order valence-corrected chi connectivity index (χ2v) is 6.28. The highest BCUT2D eigenvalue weighted by molar-refractivity contribution is 5.89. The Labute approximate surface area is 157 Å². The highest BCUT2D eigenvalue weighted by Gasteiger charge is 2.28. The topological polar surface area (TPSA) is 74.4 Å². The molecular weight excluding hydrogens is 352 g/mol. The fourth-order valence-electron chi connectivity index (χ4n) is 3.44. The average Bonchev–Trinajstić information content (AvgIpc) is 3.00. The van der Waals surface area contributed by atoms with E-state index in [0.29, 0.717) is 13.2 Å². The maximum absolute atomic E-state index is 11.4. The standard InChI is InChI=1S/C20H20N2O3.ClH/c23-20(24)19-18-15(8-10-21-19)16-12-14(6-7-17(16)22-18)25-11-9-13-4-2-1-3-5-13;/h1-7,12,19,21-22H,8-11H2,(H,23,24);1H. The molecule has 136 valence electrons. The van der Waals surface area contributed by atoms with E-state index in [4.69, 9.17) is 4.74 Å². The first-order valence-corrected chi connectivity index (χ1v) is 8.50. The van der Waals surface area contributed by atoms with Crippen molar-refractivity contribution >= 4 is 29.3 Å². The van der Waals surface area contributed by atoms with Gasteiger partial charge in [-0.2, -0.15) is 0 Å². The molecule has 0 bridgehead atoms. The van der Waals surface area contributed by atoms with E-state index in [0.717, 1.165) is 40.8 Å². The molecule has 0 saturated heterocycles. The van der Waals surface area contributed by atoms with Crippen LogP contribution in [0, 0.1) is 0 Å². The Hall–Kier alpha value is -2.50. The summed E-state index contributed by atoms with van der Waals surface area (Å²) in [5.41, 5.74) is 4.04. The molecule has 6 heteroatoms. The monoisotopic (exact) mass is 372 g/mol. The summed E-state index contributed by atoms with van der Waals surface area (Å²) in [7, 11) is 0. The van der Waals surface area contributed by atoms with E-state index in [1.807, 2.05) is 36.4 Å². The molecule has 0 fully saturated rings. The SMILES string of the molecule is Cl.O=C(O)C1NCCc2c1[nH]c1ccc(OCCc3ccccc3)cc21. The molecule has 26 heavy (non-hydrogen) atoms. The summed E-state index contributed by atoms with van der Waals surface area (Å²) >= 11 is 0. The van der Waals surface area contributed by atoms with Crippen molar-refractivity contribution in [3.05, 3.63) is 65.4 Å². The summed E-state index contributed by atoms with van der Waals surface area (Å²) in [4.78, 5) is 14.7. The minimum Gasteiger partial charge on any atom is -0.493 e. The molecule has 1 aliphatic rings. The quantitative estimate of drug-likeness (QED) is 0.641. The van der Waals surface area contributed by atoms with Crippen LogP contribution >= 0.6 is 12.4 Å². The largest absolute Gasteiger partial charge is 0.493 e. The molecule has 2 aromatic carbocycles. The minimum absolute atomic E-state index is 0.